The monoisotopic (exact) mass is 241 g/mol. The van der Waals surface area contributed by atoms with Gasteiger partial charge >= 0.3 is 5.97 Å². The molecule has 1 aromatic rings. The molecule has 16 heavy (non-hydrogen) atoms. The fourth-order valence-electron chi connectivity index (χ4n) is 1.30. The number of carboxylic acids is 1. The molecule has 0 aliphatic rings. The van der Waals surface area contributed by atoms with Crippen LogP contribution in [0.4, 0.5) is 5.82 Å². The maximum Gasteiger partial charge on any atom is 0.323 e. The van der Waals surface area contributed by atoms with Gasteiger partial charge in [0.15, 0.2) is 0 Å². The second-order valence-electron chi connectivity index (χ2n) is 3.23. The average Bonchev–Trinajstić information content (AvgIpc) is 2.28. The van der Waals surface area contributed by atoms with Crippen molar-refractivity contribution < 1.29 is 9.90 Å². The number of aromatic nitrogens is 2. The normalized spacial score (nSPS) is 10.1. The zero-order valence-corrected chi connectivity index (χ0v) is 10.2. The summed E-state index contributed by atoms with van der Waals surface area (Å²) in [4.78, 5) is 20.8. The third-order valence-electron chi connectivity index (χ3n) is 1.95. The van der Waals surface area contributed by atoms with Gasteiger partial charge in [0.1, 0.15) is 17.4 Å². The Morgan fingerprint density at radius 3 is 2.88 bits per heavy atom. The van der Waals surface area contributed by atoms with Gasteiger partial charge < -0.3 is 10.0 Å². The first-order valence-corrected chi connectivity index (χ1v) is 6.22. The SMILES string of the molecule is CCCN(CC(=O)O)c1cncc(SC)n1. The molecule has 88 valence electrons. The Hall–Kier alpha value is -1.30. The highest BCUT2D eigenvalue weighted by Crippen LogP contribution is 2.15. The Bertz CT molecular complexity index is 360. The highest BCUT2D eigenvalue weighted by molar-refractivity contribution is 7.98. The maximum atomic E-state index is 10.7. The molecule has 0 atom stereocenters. The zero-order chi connectivity index (χ0) is 12.0. The summed E-state index contributed by atoms with van der Waals surface area (Å²) >= 11 is 1.49. The van der Waals surface area contributed by atoms with Gasteiger partial charge in [-0.2, -0.15) is 0 Å². The van der Waals surface area contributed by atoms with E-state index in [2.05, 4.69) is 9.97 Å². The van der Waals surface area contributed by atoms with Crippen LogP contribution in [-0.2, 0) is 4.79 Å². The van der Waals surface area contributed by atoms with E-state index in [0.29, 0.717) is 12.4 Å². The predicted molar refractivity (Wildman–Crippen MR) is 64.0 cm³/mol. The average molecular weight is 241 g/mol. The Balaban J connectivity index is 2.86. The van der Waals surface area contributed by atoms with E-state index < -0.39 is 5.97 Å². The van der Waals surface area contributed by atoms with Crippen molar-refractivity contribution in [2.75, 3.05) is 24.2 Å². The molecule has 0 fully saturated rings. The summed E-state index contributed by atoms with van der Waals surface area (Å²) in [6, 6.07) is 0. The molecular formula is C10H15N3O2S. The molecule has 0 spiro atoms. The molecule has 0 amide bonds. The van der Waals surface area contributed by atoms with E-state index >= 15 is 0 Å². The third-order valence-corrected chi connectivity index (χ3v) is 2.57. The third kappa shape index (κ3) is 3.69. The van der Waals surface area contributed by atoms with Crippen LogP contribution in [0.1, 0.15) is 13.3 Å². The highest BCUT2D eigenvalue weighted by atomic mass is 32.2. The van der Waals surface area contributed by atoms with Crippen LogP contribution in [0, 0.1) is 0 Å². The highest BCUT2D eigenvalue weighted by Gasteiger charge is 2.11. The van der Waals surface area contributed by atoms with Gasteiger partial charge in [-0.25, -0.2) is 4.98 Å². The molecule has 1 rings (SSSR count). The molecule has 1 heterocycles. The van der Waals surface area contributed by atoms with Crippen LogP contribution in [0.3, 0.4) is 0 Å². The van der Waals surface area contributed by atoms with Crippen LogP contribution in [-0.4, -0.2) is 40.4 Å². The van der Waals surface area contributed by atoms with Crippen molar-refractivity contribution in [3.05, 3.63) is 12.4 Å². The Labute approximate surface area is 98.9 Å². The molecular weight excluding hydrogens is 226 g/mol. The van der Waals surface area contributed by atoms with Gasteiger partial charge in [0.25, 0.3) is 0 Å². The topological polar surface area (TPSA) is 66.3 Å². The van der Waals surface area contributed by atoms with E-state index in [1.165, 1.54) is 11.8 Å². The van der Waals surface area contributed by atoms with Gasteiger partial charge in [0.2, 0.25) is 0 Å². The lowest BCUT2D eigenvalue weighted by Gasteiger charge is -2.20. The lowest BCUT2D eigenvalue weighted by Crippen LogP contribution is -2.31. The number of nitrogens with zero attached hydrogens (tertiary/aromatic N) is 3. The molecule has 1 aromatic heterocycles. The van der Waals surface area contributed by atoms with Crippen molar-refractivity contribution in [3.8, 4) is 0 Å². The first-order chi connectivity index (χ1) is 7.67. The summed E-state index contributed by atoms with van der Waals surface area (Å²) in [7, 11) is 0. The lowest BCUT2D eigenvalue weighted by atomic mass is 10.4. The largest absolute Gasteiger partial charge is 0.480 e. The van der Waals surface area contributed by atoms with Gasteiger partial charge in [-0.1, -0.05) is 6.92 Å². The summed E-state index contributed by atoms with van der Waals surface area (Å²) in [5.41, 5.74) is 0. The number of carbonyl (C=O) groups is 1. The van der Waals surface area contributed by atoms with Crippen molar-refractivity contribution in [3.63, 3.8) is 0 Å². The minimum absolute atomic E-state index is 0.0413. The number of anilines is 1. The number of rotatable bonds is 6. The van der Waals surface area contributed by atoms with Gasteiger partial charge in [0.05, 0.1) is 12.4 Å². The smallest absolute Gasteiger partial charge is 0.323 e. The van der Waals surface area contributed by atoms with Gasteiger partial charge in [-0.15, -0.1) is 11.8 Å². The Morgan fingerprint density at radius 2 is 2.31 bits per heavy atom. The molecule has 5 nitrogen and oxygen atoms in total. The minimum Gasteiger partial charge on any atom is -0.480 e. The maximum absolute atomic E-state index is 10.7. The van der Waals surface area contributed by atoms with Crippen LogP contribution in [0.15, 0.2) is 17.4 Å². The molecule has 0 saturated carbocycles. The van der Waals surface area contributed by atoms with E-state index in [-0.39, 0.29) is 6.54 Å². The minimum atomic E-state index is -0.857. The molecule has 0 saturated heterocycles. The van der Waals surface area contributed by atoms with Crippen molar-refractivity contribution in [2.45, 2.75) is 18.4 Å². The summed E-state index contributed by atoms with van der Waals surface area (Å²) in [5.74, 6) is -0.235. The van der Waals surface area contributed by atoms with Crippen LogP contribution < -0.4 is 4.90 Å². The summed E-state index contributed by atoms with van der Waals surface area (Å²) in [5, 5.41) is 9.60. The first-order valence-electron chi connectivity index (χ1n) is 5.00. The van der Waals surface area contributed by atoms with Crippen molar-refractivity contribution >= 4 is 23.5 Å². The quantitative estimate of drug-likeness (QED) is 0.761. The Morgan fingerprint density at radius 1 is 1.56 bits per heavy atom. The predicted octanol–water partition coefficient (Wildman–Crippen LogP) is 1.50. The van der Waals surface area contributed by atoms with Crippen molar-refractivity contribution in [1.82, 2.24) is 9.97 Å². The molecule has 1 N–H and O–H groups in total. The first kappa shape index (κ1) is 12.8. The second kappa shape index (κ2) is 6.32. The molecule has 0 aliphatic heterocycles. The van der Waals surface area contributed by atoms with E-state index in [1.807, 2.05) is 13.2 Å². The van der Waals surface area contributed by atoms with Crippen LogP contribution in [0.5, 0.6) is 0 Å². The molecule has 0 unspecified atom stereocenters. The van der Waals surface area contributed by atoms with Crippen molar-refractivity contribution in [1.29, 1.82) is 0 Å². The molecule has 0 aromatic carbocycles. The zero-order valence-electron chi connectivity index (χ0n) is 9.38. The van der Waals surface area contributed by atoms with Crippen LogP contribution >= 0.6 is 11.8 Å². The van der Waals surface area contributed by atoms with Crippen LogP contribution in [0.2, 0.25) is 0 Å². The number of carboxylic acid groups (broad SMARTS) is 1. The van der Waals surface area contributed by atoms with E-state index in [0.717, 1.165) is 11.4 Å². The summed E-state index contributed by atoms with van der Waals surface area (Å²) < 4.78 is 0. The van der Waals surface area contributed by atoms with Gasteiger partial charge in [-0.3, -0.25) is 9.78 Å². The fraction of sp³-hybridized carbons (Fsp3) is 0.500. The Kier molecular flexibility index (Phi) is 5.04. The number of thioether (sulfide) groups is 1. The molecule has 0 aliphatic carbocycles. The van der Waals surface area contributed by atoms with Gasteiger partial charge in [-0.05, 0) is 12.7 Å². The van der Waals surface area contributed by atoms with Crippen molar-refractivity contribution in [2.24, 2.45) is 0 Å². The number of hydrogen-bond donors (Lipinski definition) is 1. The molecule has 6 heteroatoms. The lowest BCUT2D eigenvalue weighted by molar-refractivity contribution is -0.135. The molecule has 0 bridgehead atoms. The number of aliphatic carboxylic acids is 1. The van der Waals surface area contributed by atoms with E-state index in [1.54, 1.807) is 17.3 Å². The summed E-state index contributed by atoms with van der Waals surface area (Å²) in [6.45, 7) is 2.62. The second-order valence-corrected chi connectivity index (χ2v) is 4.06. The van der Waals surface area contributed by atoms with Gasteiger partial charge in [0, 0.05) is 6.54 Å². The van der Waals surface area contributed by atoms with Crippen LogP contribution in [0.25, 0.3) is 0 Å². The standard InChI is InChI=1S/C10H15N3O2S/c1-3-4-13(7-10(14)15)8-5-11-6-9(12-8)16-2/h5-6H,3-4,7H2,1-2H3,(H,14,15). The van der Waals surface area contributed by atoms with E-state index in [9.17, 15) is 4.79 Å². The fourth-order valence-corrected chi connectivity index (χ4v) is 1.65. The molecule has 0 radical (unpaired) electrons. The number of hydrogen-bond acceptors (Lipinski definition) is 5. The summed E-state index contributed by atoms with van der Waals surface area (Å²) in [6.07, 6.45) is 6.05. The van der Waals surface area contributed by atoms with E-state index in [4.69, 9.17) is 5.11 Å².